The summed E-state index contributed by atoms with van der Waals surface area (Å²) in [5.41, 5.74) is -0.0355. The molecule has 8 heteroatoms. The van der Waals surface area contributed by atoms with Gasteiger partial charge in [-0.2, -0.15) is 0 Å². The predicted octanol–water partition coefficient (Wildman–Crippen LogP) is 3.84. The van der Waals surface area contributed by atoms with Crippen molar-refractivity contribution in [3.63, 3.8) is 0 Å². The summed E-state index contributed by atoms with van der Waals surface area (Å²) in [6, 6.07) is 5.78. The van der Waals surface area contributed by atoms with Crippen LogP contribution < -0.4 is 16.0 Å². The highest BCUT2D eigenvalue weighted by Crippen LogP contribution is 2.16. The Hall–Kier alpha value is -1.58. The van der Waals surface area contributed by atoms with E-state index in [1.165, 1.54) is 0 Å². The number of guanidine groups is 1. The van der Waals surface area contributed by atoms with E-state index in [-0.39, 0.29) is 24.0 Å². The van der Waals surface area contributed by atoms with Crippen molar-refractivity contribution in [2.45, 2.75) is 72.1 Å². The maximum absolute atomic E-state index is 12.3. The Morgan fingerprint density at radius 3 is 2.32 bits per heavy atom. The molecule has 0 unspecified atom stereocenters. The second-order valence-electron chi connectivity index (χ2n) is 7.48. The van der Waals surface area contributed by atoms with Gasteiger partial charge in [-0.15, -0.1) is 24.0 Å². The molecular formula is C20H36IN5O2. The smallest absolute Gasteiger partial charge is 0.408 e. The van der Waals surface area contributed by atoms with Gasteiger partial charge in [0.05, 0.1) is 17.8 Å². The Balaban J connectivity index is 0.00000729. The Morgan fingerprint density at radius 2 is 1.82 bits per heavy atom. The number of nitrogens with one attached hydrogen (secondary N) is 3. The number of aliphatic imine (C=N–C) groups is 1. The SMILES string of the molecule is CCNC(=NCc1ccccn1)NCC(CC)(CC)NC(=O)OC(C)(C)C.I. The Kier molecular flexibility index (Phi) is 12.1. The van der Waals surface area contributed by atoms with Crippen molar-refractivity contribution < 1.29 is 9.53 Å². The van der Waals surface area contributed by atoms with Crippen molar-refractivity contribution in [1.82, 2.24) is 20.9 Å². The van der Waals surface area contributed by atoms with E-state index in [1.807, 2.05) is 45.9 Å². The first-order valence-corrected chi connectivity index (χ1v) is 9.67. The number of amides is 1. The number of hydrogen-bond acceptors (Lipinski definition) is 4. The van der Waals surface area contributed by atoms with E-state index >= 15 is 0 Å². The van der Waals surface area contributed by atoms with Crippen LogP contribution in [0.3, 0.4) is 0 Å². The second kappa shape index (κ2) is 12.8. The predicted molar refractivity (Wildman–Crippen MR) is 125 cm³/mol. The van der Waals surface area contributed by atoms with Gasteiger partial charge in [0.1, 0.15) is 5.60 Å². The number of alkyl carbamates (subject to hydrolysis) is 1. The quantitative estimate of drug-likeness (QED) is 0.284. The zero-order valence-corrected chi connectivity index (χ0v) is 20.3. The summed E-state index contributed by atoms with van der Waals surface area (Å²) >= 11 is 0. The average molecular weight is 505 g/mol. The molecule has 1 aromatic rings. The molecular weight excluding hydrogens is 469 g/mol. The van der Waals surface area contributed by atoms with Gasteiger partial charge in [-0.1, -0.05) is 19.9 Å². The molecule has 28 heavy (non-hydrogen) atoms. The second-order valence-corrected chi connectivity index (χ2v) is 7.48. The van der Waals surface area contributed by atoms with Gasteiger partial charge in [0, 0.05) is 19.3 Å². The van der Waals surface area contributed by atoms with Crippen molar-refractivity contribution in [3.8, 4) is 0 Å². The summed E-state index contributed by atoms with van der Waals surface area (Å²) in [5.74, 6) is 0.695. The minimum Gasteiger partial charge on any atom is -0.444 e. The Labute approximate surface area is 186 Å². The number of rotatable bonds is 8. The van der Waals surface area contributed by atoms with Crippen LogP contribution in [0, 0.1) is 0 Å². The Bertz CT molecular complexity index is 598. The van der Waals surface area contributed by atoms with Crippen molar-refractivity contribution in [3.05, 3.63) is 30.1 Å². The van der Waals surface area contributed by atoms with Gasteiger partial charge in [-0.05, 0) is 52.7 Å². The van der Waals surface area contributed by atoms with Gasteiger partial charge >= 0.3 is 6.09 Å². The van der Waals surface area contributed by atoms with Crippen LogP contribution in [0.15, 0.2) is 29.4 Å². The molecule has 0 aromatic carbocycles. The van der Waals surface area contributed by atoms with Crippen LogP contribution in [0.4, 0.5) is 4.79 Å². The van der Waals surface area contributed by atoms with Crippen LogP contribution >= 0.6 is 24.0 Å². The Morgan fingerprint density at radius 1 is 1.14 bits per heavy atom. The molecule has 1 amide bonds. The third-order valence-corrected chi connectivity index (χ3v) is 4.18. The standard InChI is InChI=1S/C20H35N5O2.HI/c1-7-20(8-2,25-18(26)27-19(4,5)6)15-24-17(21-9-3)23-14-16-12-10-11-13-22-16;/h10-13H,7-9,14-15H2,1-6H3,(H,25,26)(H2,21,23,24);1H. The highest BCUT2D eigenvalue weighted by molar-refractivity contribution is 14.0. The van der Waals surface area contributed by atoms with E-state index in [2.05, 4.69) is 39.8 Å². The highest BCUT2D eigenvalue weighted by Gasteiger charge is 2.30. The molecule has 1 rings (SSSR count). The fourth-order valence-corrected chi connectivity index (χ4v) is 2.49. The molecule has 0 aliphatic rings. The maximum atomic E-state index is 12.3. The van der Waals surface area contributed by atoms with Gasteiger partial charge in [0.2, 0.25) is 0 Å². The first-order chi connectivity index (χ1) is 12.7. The molecule has 3 N–H and O–H groups in total. The zero-order valence-electron chi connectivity index (χ0n) is 18.0. The summed E-state index contributed by atoms with van der Waals surface area (Å²) < 4.78 is 5.42. The molecule has 1 heterocycles. The first-order valence-electron chi connectivity index (χ1n) is 9.67. The molecule has 1 aromatic heterocycles. The first kappa shape index (κ1) is 26.4. The van der Waals surface area contributed by atoms with E-state index in [1.54, 1.807) is 6.20 Å². The number of nitrogens with zero attached hydrogens (tertiary/aromatic N) is 2. The molecule has 0 radical (unpaired) electrons. The van der Waals surface area contributed by atoms with Gasteiger partial charge < -0.3 is 20.7 Å². The van der Waals surface area contributed by atoms with Gasteiger partial charge in [-0.25, -0.2) is 9.79 Å². The maximum Gasteiger partial charge on any atom is 0.408 e. The molecule has 0 saturated heterocycles. The molecule has 0 saturated carbocycles. The minimum atomic E-state index is -0.524. The van der Waals surface area contributed by atoms with Crippen molar-refractivity contribution in [2.75, 3.05) is 13.1 Å². The molecule has 0 aliphatic heterocycles. The number of carbonyl (C=O) groups is 1. The molecule has 160 valence electrons. The third-order valence-electron chi connectivity index (χ3n) is 4.18. The van der Waals surface area contributed by atoms with Gasteiger partial charge in [0.25, 0.3) is 0 Å². The zero-order chi connectivity index (χ0) is 20.3. The number of halogens is 1. The molecule has 7 nitrogen and oxygen atoms in total. The third kappa shape index (κ3) is 10.1. The minimum absolute atomic E-state index is 0. The van der Waals surface area contributed by atoms with Crippen molar-refractivity contribution in [2.24, 2.45) is 4.99 Å². The largest absolute Gasteiger partial charge is 0.444 e. The van der Waals surface area contributed by atoms with Gasteiger partial charge in [-0.3, -0.25) is 4.98 Å². The van der Waals surface area contributed by atoms with Crippen LogP contribution in [-0.4, -0.2) is 41.3 Å². The van der Waals surface area contributed by atoms with E-state index in [0.717, 1.165) is 25.1 Å². The average Bonchev–Trinajstić information content (AvgIpc) is 2.62. The summed E-state index contributed by atoms with van der Waals surface area (Å²) in [6.45, 7) is 13.5. The molecule has 0 aliphatic carbocycles. The fourth-order valence-electron chi connectivity index (χ4n) is 2.49. The normalized spacial score (nSPS) is 12.0. The highest BCUT2D eigenvalue weighted by atomic mass is 127. The lowest BCUT2D eigenvalue weighted by atomic mass is 9.93. The van der Waals surface area contributed by atoms with E-state index in [0.29, 0.717) is 19.0 Å². The lowest BCUT2D eigenvalue weighted by molar-refractivity contribution is 0.0448. The van der Waals surface area contributed by atoms with Crippen LogP contribution in [0.5, 0.6) is 0 Å². The molecule has 0 spiro atoms. The van der Waals surface area contributed by atoms with E-state index in [4.69, 9.17) is 4.74 Å². The summed E-state index contributed by atoms with van der Waals surface area (Å²) in [5, 5.41) is 9.61. The summed E-state index contributed by atoms with van der Waals surface area (Å²) in [7, 11) is 0. The topological polar surface area (TPSA) is 87.6 Å². The number of carbonyl (C=O) groups excluding carboxylic acids is 1. The number of ether oxygens (including phenoxy) is 1. The fraction of sp³-hybridized carbons (Fsp3) is 0.650. The molecule has 0 bridgehead atoms. The number of pyridine rings is 1. The summed E-state index contributed by atoms with van der Waals surface area (Å²) in [4.78, 5) is 21.1. The van der Waals surface area contributed by atoms with Crippen LogP contribution in [-0.2, 0) is 11.3 Å². The van der Waals surface area contributed by atoms with Gasteiger partial charge in [0.15, 0.2) is 5.96 Å². The molecule has 0 atom stereocenters. The van der Waals surface area contributed by atoms with Crippen LogP contribution in [0.2, 0.25) is 0 Å². The summed E-state index contributed by atoms with van der Waals surface area (Å²) in [6.07, 6.45) is 2.91. The van der Waals surface area contributed by atoms with Crippen LogP contribution in [0.1, 0.15) is 60.1 Å². The van der Waals surface area contributed by atoms with E-state index < -0.39 is 17.2 Å². The van der Waals surface area contributed by atoms with Crippen molar-refractivity contribution >= 4 is 36.0 Å². The van der Waals surface area contributed by atoms with Crippen molar-refractivity contribution in [1.29, 1.82) is 0 Å². The van der Waals surface area contributed by atoms with Crippen LogP contribution in [0.25, 0.3) is 0 Å². The monoisotopic (exact) mass is 505 g/mol. The van der Waals surface area contributed by atoms with E-state index in [9.17, 15) is 4.79 Å². The lowest BCUT2D eigenvalue weighted by Gasteiger charge is -2.34. The lowest BCUT2D eigenvalue weighted by Crippen LogP contribution is -2.57. The molecule has 0 fully saturated rings. The number of hydrogen-bond donors (Lipinski definition) is 3. The number of aromatic nitrogens is 1.